The van der Waals surface area contributed by atoms with Crippen molar-refractivity contribution in [3.63, 3.8) is 0 Å². The number of amides is 1. The average Bonchev–Trinajstić information content (AvgIpc) is 3.09. The van der Waals surface area contributed by atoms with Crippen LogP contribution in [0.15, 0.2) is 72.8 Å². The second-order valence-electron chi connectivity index (χ2n) is 6.99. The molecule has 3 aromatic rings. The Morgan fingerprint density at radius 2 is 1.48 bits per heavy atom. The number of methoxy groups -OCH3 is 1. The van der Waals surface area contributed by atoms with Gasteiger partial charge in [-0.05, 0) is 33.9 Å². The average molecular weight is 406 g/mol. The highest BCUT2D eigenvalue weighted by Gasteiger charge is 2.35. The number of benzene rings is 3. The highest BCUT2D eigenvalue weighted by Crippen LogP contribution is 2.44. The standard InChI is InChI=1S/C24H20ClNO3/c1-29-24(28)21(14-15-8-2-7-13-20(15)25)26-23(27)22-18-11-5-3-9-16(18)17-10-4-6-12-19(17)22/h2-13,21-22H,14H2,1H3,(H,26,27)/t21-/m0/s1. The van der Waals surface area contributed by atoms with Gasteiger partial charge in [-0.3, -0.25) is 4.79 Å². The molecule has 0 unspecified atom stereocenters. The highest BCUT2D eigenvalue weighted by molar-refractivity contribution is 6.31. The Bertz CT molecular complexity index is 1030. The van der Waals surface area contributed by atoms with Crippen LogP contribution in [-0.2, 0) is 20.7 Å². The molecule has 3 aromatic carbocycles. The molecule has 0 heterocycles. The van der Waals surface area contributed by atoms with E-state index < -0.39 is 17.9 Å². The predicted molar refractivity (Wildman–Crippen MR) is 113 cm³/mol. The molecule has 5 heteroatoms. The lowest BCUT2D eigenvalue weighted by atomic mass is 9.95. The van der Waals surface area contributed by atoms with E-state index in [1.54, 1.807) is 6.07 Å². The first-order valence-electron chi connectivity index (χ1n) is 9.40. The maximum absolute atomic E-state index is 13.3. The first kappa shape index (κ1) is 19.2. The minimum absolute atomic E-state index is 0.232. The second kappa shape index (κ2) is 8.10. The van der Waals surface area contributed by atoms with Crippen molar-refractivity contribution in [1.29, 1.82) is 0 Å². The zero-order valence-electron chi connectivity index (χ0n) is 15.9. The Balaban J connectivity index is 1.64. The second-order valence-corrected chi connectivity index (χ2v) is 7.39. The number of carbonyl (C=O) groups excluding carboxylic acids is 2. The van der Waals surface area contributed by atoms with Crippen LogP contribution in [0.4, 0.5) is 0 Å². The lowest BCUT2D eigenvalue weighted by molar-refractivity contribution is -0.145. The molecule has 4 rings (SSSR count). The first-order valence-corrected chi connectivity index (χ1v) is 9.77. The van der Waals surface area contributed by atoms with Crippen LogP contribution in [0.1, 0.15) is 22.6 Å². The maximum atomic E-state index is 13.3. The van der Waals surface area contributed by atoms with E-state index >= 15 is 0 Å². The van der Waals surface area contributed by atoms with Crippen LogP contribution >= 0.6 is 11.6 Å². The summed E-state index contributed by atoms with van der Waals surface area (Å²) in [5, 5.41) is 3.44. The molecule has 0 radical (unpaired) electrons. The molecule has 0 bridgehead atoms. The lowest BCUT2D eigenvalue weighted by Gasteiger charge is -2.20. The van der Waals surface area contributed by atoms with E-state index in [-0.39, 0.29) is 12.3 Å². The third-order valence-electron chi connectivity index (χ3n) is 5.28. The van der Waals surface area contributed by atoms with Crippen LogP contribution in [0.2, 0.25) is 5.02 Å². The fraction of sp³-hybridized carbons (Fsp3) is 0.167. The Kier molecular flexibility index (Phi) is 5.36. The van der Waals surface area contributed by atoms with Crippen molar-refractivity contribution in [2.24, 2.45) is 0 Å². The van der Waals surface area contributed by atoms with Gasteiger partial charge >= 0.3 is 5.97 Å². The molecule has 0 saturated carbocycles. The molecule has 29 heavy (non-hydrogen) atoms. The molecule has 0 aromatic heterocycles. The molecule has 0 spiro atoms. The zero-order chi connectivity index (χ0) is 20.4. The van der Waals surface area contributed by atoms with E-state index in [4.69, 9.17) is 16.3 Å². The van der Waals surface area contributed by atoms with Crippen molar-refractivity contribution in [2.75, 3.05) is 7.11 Å². The molecule has 1 aliphatic carbocycles. The van der Waals surface area contributed by atoms with Crippen molar-refractivity contribution in [3.05, 3.63) is 94.5 Å². The largest absolute Gasteiger partial charge is 0.467 e. The SMILES string of the molecule is COC(=O)[C@H](Cc1ccccc1Cl)NC(=O)C1c2ccccc2-c2ccccc21. The number of fused-ring (bicyclic) bond motifs is 3. The van der Waals surface area contributed by atoms with Gasteiger partial charge < -0.3 is 10.1 Å². The fourth-order valence-corrected chi connectivity index (χ4v) is 4.13. The molecule has 0 saturated heterocycles. The Morgan fingerprint density at radius 3 is 2.07 bits per heavy atom. The van der Waals surface area contributed by atoms with Crippen LogP contribution in [-0.4, -0.2) is 25.0 Å². The van der Waals surface area contributed by atoms with E-state index in [0.29, 0.717) is 5.02 Å². The lowest BCUT2D eigenvalue weighted by Crippen LogP contribution is -2.45. The summed E-state index contributed by atoms with van der Waals surface area (Å²) in [6.07, 6.45) is 0.258. The van der Waals surface area contributed by atoms with Crippen molar-refractivity contribution < 1.29 is 14.3 Å². The fourth-order valence-electron chi connectivity index (χ4n) is 3.91. The number of rotatable bonds is 5. The monoisotopic (exact) mass is 405 g/mol. The number of carbonyl (C=O) groups is 2. The Morgan fingerprint density at radius 1 is 0.931 bits per heavy atom. The number of halogens is 1. The van der Waals surface area contributed by atoms with Crippen LogP contribution in [0.5, 0.6) is 0 Å². The van der Waals surface area contributed by atoms with Gasteiger partial charge in [-0.1, -0.05) is 78.3 Å². The van der Waals surface area contributed by atoms with Crippen LogP contribution in [0, 0.1) is 0 Å². The van der Waals surface area contributed by atoms with Gasteiger partial charge in [-0.2, -0.15) is 0 Å². The summed E-state index contributed by atoms with van der Waals surface area (Å²) in [4.78, 5) is 25.7. The number of nitrogens with one attached hydrogen (secondary N) is 1. The third kappa shape index (κ3) is 3.64. The van der Waals surface area contributed by atoms with Gasteiger partial charge in [0.2, 0.25) is 5.91 Å². The third-order valence-corrected chi connectivity index (χ3v) is 5.65. The van der Waals surface area contributed by atoms with Gasteiger partial charge in [0.25, 0.3) is 0 Å². The molecule has 4 nitrogen and oxygen atoms in total. The maximum Gasteiger partial charge on any atom is 0.328 e. The molecule has 0 aliphatic heterocycles. The molecule has 0 fully saturated rings. The zero-order valence-corrected chi connectivity index (χ0v) is 16.6. The van der Waals surface area contributed by atoms with Crippen molar-refractivity contribution in [2.45, 2.75) is 18.4 Å². The smallest absolute Gasteiger partial charge is 0.328 e. The minimum Gasteiger partial charge on any atom is -0.467 e. The summed E-state index contributed by atoms with van der Waals surface area (Å²) in [7, 11) is 1.31. The number of esters is 1. The predicted octanol–water partition coefficient (Wildman–Crippen LogP) is 4.35. The van der Waals surface area contributed by atoms with Gasteiger partial charge in [-0.15, -0.1) is 0 Å². The van der Waals surface area contributed by atoms with Crippen LogP contribution < -0.4 is 5.32 Å². The summed E-state index contributed by atoms with van der Waals surface area (Å²) in [6.45, 7) is 0. The highest BCUT2D eigenvalue weighted by atomic mass is 35.5. The molecule has 1 atom stereocenters. The van der Waals surface area contributed by atoms with Crippen LogP contribution in [0.3, 0.4) is 0 Å². The number of hydrogen-bond acceptors (Lipinski definition) is 3. The van der Waals surface area contributed by atoms with Crippen molar-refractivity contribution in [3.8, 4) is 11.1 Å². The number of ether oxygens (including phenoxy) is 1. The van der Waals surface area contributed by atoms with E-state index in [1.165, 1.54) is 7.11 Å². The number of hydrogen-bond donors (Lipinski definition) is 1. The van der Waals surface area contributed by atoms with Crippen LogP contribution in [0.25, 0.3) is 11.1 Å². The minimum atomic E-state index is -0.827. The summed E-state index contributed by atoms with van der Waals surface area (Å²) in [5.41, 5.74) is 4.74. The van der Waals surface area contributed by atoms with Gasteiger partial charge in [0.05, 0.1) is 13.0 Å². The molecule has 1 aliphatic rings. The summed E-state index contributed by atoms with van der Waals surface area (Å²) < 4.78 is 4.93. The van der Waals surface area contributed by atoms with Crippen molar-refractivity contribution in [1.82, 2.24) is 5.32 Å². The summed E-state index contributed by atoms with van der Waals surface area (Å²) in [6, 6.07) is 22.2. The Labute approximate surface area is 174 Å². The normalized spacial score (nSPS) is 13.3. The van der Waals surface area contributed by atoms with Gasteiger partial charge in [0.15, 0.2) is 0 Å². The van der Waals surface area contributed by atoms with E-state index in [2.05, 4.69) is 5.32 Å². The summed E-state index contributed by atoms with van der Waals surface area (Å²) in [5.74, 6) is -1.21. The molecular weight excluding hydrogens is 386 g/mol. The van der Waals surface area contributed by atoms with Gasteiger partial charge in [0, 0.05) is 11.4 Å². The first-order chi connectivity index (χ1) is 14.1. The molecule has 1 amide bonds. The van der Waals surface area contributed by atoms with E-state index in [1.807, 2.05) is 66.7 Å². The topological polar surface area (TPSA) is 55.4 Å². The quantitative estimate of drug-likeness (QED) is 0.642. The van der Waals surface area contributed by atoms with Gasteiger partial charge in [-0.25, -0.2) is 4.79 Å². The summed E-state index contributed by atoms with van der Waals surface area (Å²) >= 11 is 6.25. The van der Waals surface area contributed by atoms with Crippen molar-refractivity contribution >= 4 is 23.5 Å². The molecule has 146 valence electrons. The van der Waals surface area contributed by atoms with Gasteiger partial charge in [0.1, 0.15) is 6.04 Å². The van der Waals surface area contributed by atoms with E-state index in [0.717, 1.165) is 27.8 Å². The molecular formula is C24H20ClNO3. The molecule has 1 N–H and O–H groups in total. The Hall–Kier alpha value is -3.11. The van der Waals surface area contributed by atoms with E-state index in [9.17, 15) is 9.59 Å².